The van der Waals surface area contributed by atoms with E-state index in [1.807, 2.05) is 7.05 Å². The topological polar surface area (TPSA) is 15.3 Å². The van der Waals surface area contributed by atoms with Crippen LogP contribution in [0.3, 0.4) is 0 Å². The minimum atomic E-state index is 0.358. The number of benzene rings is 1. The van der Waals surface area contributed by atoms with E-state index >= 15 is 0 Å². The predicted molar refractivity (Wildman–Crippen MR) is 79.7 cm³/mol. The summed E-state index contributed by atoms with van der Waals surface area (Å²) < 4.78 is 1.14. The van der Waals surface area contributed by atoms with Crippen LogP contribution in [0, 0.1) is 5.92 Å². The third-order valence-corrected chi connectivity index (χ3v) is 3.43. The molecule has 2 nitrogen and oxygen atoms in total. The molecule has 0 fully saturated rings. The van der Waals surface area contributed by atoms with E-state index in [4.69, 9.17) is 0 Å². The van der Waals surface area contributed by atoms with Crippen LogP contribution in [0.25, 0.3) is 0 Å². The van der Waals surface area contributed by atoms with Gasteiger partial charge < -0.3 is 10.2 Å². The van der Waals surface area contributed by atoms with Crippen molar-refractivity contribution in [3.8, 4) is 0 Å². The molecule has 1 aromatic carbocycles. The van der Waals surface area contributed by atoms with E-state index in [1.165, 1.54) is 11.3 Å². The van der Waals surface area contributed by atoms with Crippen LogP contribution < -0.4 is 10.2 Å². The van der Waals surface area contributed by atoms with Gasteiger partial charge in [-0.3, -0.25) is 0 Å². The quantitative estimate of drug-likeness (QED) is 0.889. The van der Waals surface area contributed by atoms with Gasteiger partial charge in [-0.1, -0.05) is 29.8 Å². The summed E-state index contributed by atoms with van der Waals surface area (Å²) in [4.78, 5) is 2.33. The first-order valence-corrected chi connectivity index (χ1v) is 6.92. The highest BCUT2D eigenvalue weighted by Gasteiger charge is 2.13. The molecule has 0 radical (unpaired) electrons. The number of rotatable bonds is 5. The van der Waals surface area contributed by atoms with E-state index in [0.717, 1.165) is 11.0 Å². The normalized spacial score (nSPS) is 12.9. The molecule has 0 amide bonds. The van der Waals surface area contributed by atoms with Gasteiger partial charge in [0.15, 0.2) is 0 Å². The summed E-state index contributed by atoms with van der Waals surface area (Å²) in [5, 5.41) is 3.31. The molecule has 0 aliphatic rings. The molecule has 1 atom stereocenters. The lowest BCUT2D eigenvalue weighted by Gasteiger charge is -2.26. The molecule has 1 unspecified atom stereocenters. The zero-order valence-corrected chi connectivity index (χ0v) is 13.0. The zero-order chi connectivity index (χ0) is 13.0. The fourth-order valence-corrected chi connectivity index (χ4v) is 2.40. The van der Waals surface area contributed by atoms with Gasteiger partial charge >= 0.3 is 0 Å². The Morgan fingerprint density at radius 3 is 2.47 bits per heavy atom. The molecule has 1 aromatic rings. The molecule has 0 saturated heterocycles. The van der Waals surface area contributed by atoms with Gasteiger partial charge in [-0.15, -0.1) is 0 Å². The fourth-order valence-electron chi connectivity index (χ4n) is 2.02. The van der Waals surface area contributed by atoms with Crippen molar-refractivity contribution in [2.75, 3.05) is 25.5 Å². The number of hydrogen-bond acceptors (Lipinski definition) is 2. The van der Waals surface area contributed by atoms with E-state index < -0.39 is 0 Å². The van der Waals surface area contributed by atoms with E-state index in [-0.39, 0.29) is 0 Å². The van der Waals surface area contributed by atoms with Gasteiger partial charge in [0.25, 0.3) is 0 Å². The van der Waals surface area contributed by atoms with E-state index in [1.54, 1.807) is 0 Å². The number of halogens is 1. The van der Waals surface area contributed by atoms with Gasteiger partial charge in [-0.25, -0.2) is 0 Å². The van der Waals surface area contributed by atoms with Gasteiger partial charge in [0.1, 0.15) is 0 Å². The van der Waals surface area contributed by atoms with Gasteiger partial charge in [0.2, 0.25) is 0 Å². The van der Waals surface area contributed by atoms with E-state index in [9.17, 15) is 0 Å². The Bertz CT molecular complexity index is 363. The Morgan fingerprint density at radius 1 is 1.29 bits per heavy atom. The van der Waals surface area contributed by atoms with Gasteiger partial charge in [0, 0.05) is 29.8 Å². The lowest BCUT2D eigenvalue weighted by atomic mass is 10.0. The second kappa shape index (κ2) is 6.41. The number of hydrogen-bond donors (Lipinski definition) is 1. The molecule has 17 heavy (non-hydrogen) atoms. The molecule has 0 saturated carbocycles. The first-order chi connectivity index (χ1) is 7.95. The van der Waals surface area contributed by atoms with Crippen LogP contribution in [0.15, 0.2) is 22.7 Å². The maximum atomic E-state index is 3.55. The second-order valence-corrected chi connectivity index (χ2v) is 5.90. The standard InChI is InChI=1S/C14H23BrN2/c1-10(2)9-17(5)14-7-6-12(15)8-13(14)11(3)16-4/h6-8,10-11,16H,9H2,1-5H3. The maximum absolute atomic E-state index is 3.55. The smallest absolute Gasteiger partial charge is 0.0412 e. The highest BCUT2D eigenvalue weighted by molar-refractivity contribution is 9.10. The Balaban J connectivity index is 3.05. The van der Waals surface area contributed by atoms with Crippen LogP contribution in [0.1, 0.15) is 32.4 Å². The summed E-state index contributed by atoms with van der Waals surface area (Å²) in [5.74, 6) is 0.668. The summed E-state index contributed by atoms with van der Waals surface area (Å²) in [6.45, 7) is 7.76. The number of anilines is 1. The van der Waals surface area contributed by atoms with Crippen molar-refractivity contribution in [3.63, 3.8) is 0 Å². The van der Waals surface area contributed by atoms with E-state index in [0.29, 0.717) is 12.0 Å². The largest absolute Gasteiger partial charge is 0.374 e. The molecule has 96 valence electrons. The molecule has 3 heteroatoms. The predicted octanol–water partition coefficient (Wildman–Crippen LogP) is 3.82. The Labute approximate surface area is 114 Å². The minimum Gasteiger partial charge on any atom is -0.374 e. The van der Waals surface area contributed by atoms with Crippen molar-refractivity contribution < 1.29 is 0 Å². The highest BCUT2D eigenvalue weighted by atomic mass is 79.9. The van der Waals surface area contributed by atoms with Crippen molar-refractivity contribution in [3.05, 3.63) is 28.2 Å². The van der Waals surface area contributed by atoms with Gasteiger partial charge in [-0.05, 0) is 43.7 Å². The molecular formula is C14H23BrN2. The average molecular weight is 299 g/mol. The molecule has 0 heterocycles. The lowest BCUT2D eigenvalue weighted by molar-refractivity contribution is 0.622. The van der Waals surface area contributed by atoms with Crippen molar-refractivity contribution in [2.45, 2.75) is 26.8 Å². The van der Waals surface area contributed by atoms with Crippen molar-refractivity contribution in [2.24, 2.45) is 5.92 Å². The van der Waals surface area contributed by atoms with Crippen LogP contribution >= 0.6 is 15.9 Å². The summed E-state index contributed by atoms with van der Waals surface area (Å²) in [6, 6.07) is 6.86. The Morgan fingerprint density at radius 2 is 1.94 bits per heavy atom. The van der Waals surface area contributed by atoms with Crippen LogP contribution in [0.2, 0.25) is 0 Å². The number of nitrogens with one attached hydrogen (secondary N) is 1. The van der Waals surface area contributed by atoms with Crippen LogP contribution in [0.5, 0.6) is 0 Å². The van der Waals surface area contributed by atoms with Crippen LogP contribution in [-0.4, -0.2) is 20.6 Å². The Hall–Kier alpha value is -0.540. The molecular weight excluding hydrogens is 276 g/mol. The molecule has 1 rings (SSSR count). The third-order valence-electron chi connectivity index (χ3n) is 2.94. The monoisotopic (exact) mass is 298 g/mol. The summed E-state index contributed by atoms with van der Waals surface area (Å²) in [7, 11) is 4.16. The van der Waals surface area contributed by atoms with Crippen molar-refractivity contribution in [1.29, 1.82) is 0 Å². The maximum Gasteiger partial charge on any atom is 0.0412 e. The molecule has 0 spiro atoms. The third kappa shape index (κ3) is 4.00. The summed E-state index contributed by atoms with van der Waals surface area (Å²) >= 11 is 3.55. The minimum absolute atomic E-state index is 0.358. The molecule has 0 aliphatic heterocycles. The first-order valence-electron chi connectivity index (χ1n) is 6.13. The fraction of sp³-hybridized carbons (Fsp3) is 0.571. The van der Waals surface area contributed by atoms with Gasteiger partial charge in [0.05, 0.1) is 0 Å². The number of nitrogens with zero attached hydrogens (tertiary/aromatic N) is 1. The molecule has 0 aromatic heterocycles. The first kappa shape index (κ1) is 14.5. The zero-order valence-electron chi connectivity index (χ0n) is 11.4. The van der Waals surface area contributed by atoms with Crippen molar-refractivity contribution >= 4 is 21.6 Å². The molecule has 0 bridgehead atoms. The van der Waals surface area contributed by atoms with Crippen LogP contribution in [0.4, 0.5) is 5.69 Å². The van der Waals surface area contributed by atoms with E-state index in [2.05, 4.69) is 72.2 Å². The average Bonchev–Trinajstić information content (AvgIpc) is 2.26. The SMILES string of the molecule is CNC(C)c1cc(Br)ccc1N(C)CC(C)C. The van der Waals surface area contributed by atoms with Gasteiger partial charge in [-0.2, -0.15) is 0 Å². The van der Waals surface area contributed by atoms with Crippen LogP contribution in [-0.2, 0) is 0 Å². The molecule has 0 aliphatic carbocycles. The Kier molecular flexibility index (Phi) is 5.47. The summed E-state index contributed by atoms with van der Waals surface area (Å²) in [6.07, 6.45) is 0. The lowest BCUT2D eigenvalue weighted by Crippen LogP contribution is -2.25. The molecule has 1 N–H and O–H groups in total. The van der Waals surface area contributed by atoms with Crippen molar-refractivity contribution in [1.82, 2.24) is 5.32 Å². The second-order valence-electron chi connectivity index (χ2n) is 4.99. The highest BCUT2D eigenvalue weighted by Crippen LogP contribution is 2.29. The summed E-state index contributed by atoms with van der Waals surface area (Å²) in [5.41, 5.74) is 2.65.